The fourth-order valence-corrected chi connectivity index (χ4v) is 3.67. The molecular weight excluding hydrogens is 302 g/mol. The number of aromatic nitrogens is 2. The summed E-state index contributed by atoms with van der Waals surface area (Å²) in [5, 5.41) is 0. The summed E-state index contributed by atoms with van der Waals surface area (Å²) in [5.74, 6) is 1.41. The van der Waals surface area contributed by atoms with Crippen molar-refractivity contribution >= 4 is 5.91 Å². The highest BCUT2D eigenvalue weighted by Crippen LogP contribution is 2.11. The molecule has 2 aliphatic heterocycles. The SMILES string of the molecule is Cc1nccn1CCN1CCN(CC(=O)N2CCCCCC2)CC1. The van der Waals surface area contributed by atoms with Crippen molar-refractivity contribution in [3.05, 3.63) is 18.2 Å². The zero-order valence-corrected chi connectivity index (χ0v) is 15.0. The van der Waals surface area contributed by atoms with Crippen molar-refractivity contribution in [2.24, 2.45) is 0 Å². The molecule has 6 heteroatoms. The summed E-state index contributed by atoms with van der Waals surface area (Å²) < 4.78 is 2.20. The lowest BCUT2D eigenvalue weighted by atomic mass is 10.2. The van der Waals surface area contributed by atoms with E-state index in [-0.39, 0.29) is 0 Å². The van der Waals surface area contributed by atoms with Gasteiger partial charge in [0, 0.05) is 64.8 Å². The van der Waals surface area contributed by atoms with Crippen LogP contribution in [0.1, 0.15) is 31.5 Å². The van der Waals surface area contributed by atoms with E-state index < -0.39 is 0 Å². The van der Waals surface area contributed by atoms with Crippen molar-refractivity contribution in [2.45, 2.75) is 39.2 Å². The van der Waals surface area contributed by atoms with Crippen LogP contribution in [-0.4, -0.2) is 82.5 Å². The average Bonchev–Trinajstić information content (AvgIpc) is 2.84. The average molecular weight is 333 g/mol. The summed E-state index contributed by atoms with van der Waals surface area (Å²) in [5.41, 5.74) is 0. The van der Waals surface area contributed by atoms with Gasteiger partial charge in [0.1, 0.15) is 5.82 Å². The quantitative estimate of drug-likeness (QED) is 0.812. The number of imidazole rings is 1. The van der Waals surface area contributed by atoms with Crippen molar-refractivity contribution in [2.75, 3.05) is 52.4 Å². The molecule has 0 N–H and O–H groups in total. The molecule has 24 heavy (non-hydrogen) atoms. The second-order valence-electron chi connectivity index (χ2n) is 7.08. The molecule has 1 aromatic heterocycles. The van der Waals surface area contributed by atoms with Gasteiger partial charge in [-0.15, -0.1) is 0 Å². The smallest absolute Gasteiger partial charge is 0.236 e. The Morgan fingerprint density at radius 1 is 0.958 bits per heavy atom. The van der Waals surface area contributed by atoms with Crippen LogP contribution in [0, 0.1) is 6.92 Å². The monoisotopic (exact) mass is 333 g/mol. The number of hydrogen-bond donors (Lipinski definition) is 0. The van der Waals surface area contributed by atoms with Crippen LogP contribution in [0.15, 0.2) is 12.4 Å². The number of nitrogens with zero attached hydrogens (tertiary/aromatic N) is 5. The van der Waals surface area contributed by atoms with E-state index in [2.05, 4.69) is 24.3 Å². The van der Waals surface area contributed by atoms with Crippen molar-refractivity contribution < 1.29 is 4.79 Å². The Balaban J connectivity index is 1.37. The van der Waals surface area contributed by atoms with Crippen LogP contribution in [0.2, 0.25) is 0 Å². The topological polar surface area (TPSA) is 44.6 Å². The fraction of sp³-hybridized carbons (Fsp3) is 0.778. The molecule has 0 bridgehead atoms. The minimum atomic E-state index is 0.333. The molecule has 0 saturated carbocycles. The van der Waals surface area contributed by atoms with Crippen molar-refractivity contribution in [3.8, 4) is 0 Å². The minimum Gasteiger partial charge on any atom is -0.342 e. The van der Waals surface area contributed by atoms with Gasteiger partial charge in [-0.25, -0.2) is 4.98 Å². The summed E-state index contributed by atoms with van der Waals surface area (Å²) in [6, 6.07) is 0. The fourth-order valence-electron chi connectivity index (χ4n) is 3.67. The molecule has 2 aliphatic rings. The van der Waals surface area contributed by atoms with Gasteiger partial charge in [-0.1, -0.05) is 12.8 Å². The minimum absolute atomic E-state index is 0.333. The van der Waals surface area contributed by atoms with E-state index in [1.165, 1.54) is 25.7 Å². The Labute approximate surface area is 145 Å². The van der Waals surface area contributed by atoms with Gasteiger partial charge in [-0.2, -0.15) is 0 Å². The zero-order valence-electron chi connectivity index (χ0n) is 15.0. The first-order chi connectivity index (χ1) is 11.7. The molecule has 2 saturated heterocycles. The summed E-state index contributed by atoms with van der Waals surface area (Å²) in [6.07, 6.45) is 8.81. The van der Waals surface area contributed by atoms with Crippen molar-refractivity contribution in [1.29, 1.82) is 0 Å². The Hall–Kier alpha value is -1.40. The largest absolute Gasteiger partial charge is 0.342 e. The Morgan fingerprint density at radius 3 is 2.25 bits per heavy atom. The van der Waals surface area contributed by atoms with E-state index in [1.807, 2.05) is 19.3 Å². The Morgan fingerprint density at radius 2 is 1.62 bits per heavy atom. The van der Waals surface area contributed by atoms with Gasteiger partial charge < -0.3 is 9.47 Å². The summed E-state index contributed by atoms with van der Waals surface area (Å²) in [7, 11) is 0. The molecular formula is C18H31N5O. The highest BCUT2D eigenvalue weighted by molar-refractivity contribution is 5.78. The lowest BCUT2D eigenvalue weighted by Crippen LogP contribution is -2.50. The molecule has 0 atom stereocenters. The standard InChI is InChI=1S/C18H31N5O/c1-17-19-6-9-22(17)15-14-20-10-12-21(13-11-20)16-18(24)23-7-4-2-3-5-8-23/h6,9H,2-5,7-8,10-16H2,1H3. The van der Waals surface area contributed by atoms with Gasteiger partial charge in [0.2, 0.25) is 5.91 Å². The van der Waals surface area contributed by atoms with E-state index in [0.29, 0.717) is 12.5 Å². The molecule has 0 radical (unpaired) electrons. The van der Waals surface area contributed by atoms with Gasteiger partial charge in [0.25, 0.3) is 0 Å². The second kappa shape index (κ2) is 8.62. The Bertz CT molecular complexity index is 513. The van der Waals surface area contributed by atoms with Gasteiger partial charge in [0.15, 0.2) is 0 Å². The maximum Gasteiger partial charge on any atom is 0.236 e. The molecule has 2 fully saturated rings. The first kappa shape index (κ1) is 17.4. The third-order valence-electron chi connectivity index (χ3n) is 5.36. The van der Waals surface area contributed by atoms with Gasteiger partial charge in [0.05, 0.1) is 6.54 Å². The molecule has 6 nitrogen and oxygen atoms in total. The van der Waals surface area contributed by atoms with E-state index in [4.69, 9.17) is 0 Å². The molecule has 3 rings (SSSR count). The predicted molar refractivity (Wildman–Crippen MR) is 94.9 cm³/mol. The van der Waals surface area contributed by atoms with E-state index in [1.54, 1.807) is 0 Å². The lowest BCUT2D eigenvalue weighted by molar-refractivity contribution is -0.132. The van der Waals surface area contributed by atoms with Crippen LogP contribution in [0.4, 0.5) is 0 Å². The summed E-state index contributed by atoms with van der Waals surface area (Å²) in [4.78, 5) is 23.7. The summed E-state index contributed by atoms with van der Waals surface area (Å²) >= 11 is 0. The van der Waals surface area contributed by atoms with Gasteiger partial charge in [-0.3, -0.25) is 14.6 Å². The third-order valence-corrected chi connectivity index (χ3v) is 5.36. The number of carbonyl (C=O) groups excluding carboxylic acids is 1. The molecule has 3 heterocycles. The molecule has 0 spiro atoms. The van der Waals surface area contributed by atoms with Crippen molar-refractivity contribution in [1.82, 2.24) is 24.3 Å². The molecule has 1 amide bonds. The highest BCUT2D eigenvalue weighted by Gasteiger charge is 2.22. The number of likely N-dealkylation sites (tertiary alicyclic amines) is 1. The van der Waals surface area contributed by atoms with Crippen molar-refractivity contribution in [3.63, 3.8) is 0 Å². The second-order valence-corrected chi connectivity index (χ2v) is 7.08. The number of rotatable bonds is 5. The molecule has 1 aromatic rings. The highest BCUT2D eigenvalue weighted by atomic mass is 16.2. The van der Waals surface area contributed by atoms with Crippen LogP contribution in [-0.2, 0) is 11.3 Å². The Kier molecular flexibility index (Phi) is 6.26. The van der Waals surface area contributed by atoms with E-state index in [9.17, 15) is 4.79 Å². The molecule has 134 valence electrons. The number of hydrogen-bond acceptors (Lipinski definition) is 4. The van der Waals surface area contributed by atoms with E-state index in [0.717, 1.165) is 58.2 Å². The zero-order chi connectivity index (χ0) is 16.8. The van der Waals surface area contributed by atoms with E-state index >= 15 is 0 Å². The lowest BCUT2D eigenvalue weighted by Gasteiger charge is -2.35. The first-order valence-electron chi connectivity index (χ1n) is 9.42. The van der Waals surface area contributed by atoms with Gasteiger partial charge in [-0.05, 0) is 19.8 Å². The van der Waals surface area contributed by atoms with Crippen LogP contribution >= 0.6 is 0 Å². The maximum absolute atomic E-state index is 12.5. The van der Waals surface area contributed by atoms with Crippen LogP contribution in [0.5, 0.6) is 0 Å². The van der Waals surface area contributed by atoms with Crippen LogP contribution < -0.4 is 0 Å². The number of amides is 1. The summed E-state index contributed by atoms with van der Waals surface area (Å²) in [6.45, 7) is 10.8. The van der Waals surface area contributed by atoms with Gasteiger partial charge >= 0.3 is 0 Å². The molecule has 0 aliphatic carbocycles. The maximum atomic E-state index is 12.5. The first-order valence-corrected chi connectivity index (χ1v) is 9.42. The normalized spacial score (nSPS) is 21.0. The molecule has 0 unspecified atom stereocenters. The number of piperazine rings is 1. The molecule has 0 aromatic carbocycles. The van der Waals surface area contributed by atoms with Crippen LogP contribution in [0.25, 0.3) is 0 Å². The third kappa shape index (κ3) is 4.80. The van der Waals surface area contributed by atoms with Crippen LogP contribution in [0.3, 0.4) is 0 Å². The number of carbonyl (C=O) groups is 1. The predicted octanol–water partition coefficient (Wildman–Crippen LogP) is 1.21. The number of aryl methyl sites for hydroxylation is 1.